The van der Waals surface area contributed by atoms with Gasteiger partial charge < -0.3 is 10.8 Å². The zero-order chi connectivity index (χ0) is 9.19. The van der Waals surface area contributed by atoms with Crippen LogP contribution in [0.3, 0.4) is 0 Å². The van der Waals surface area contributed by atoms with Gasteiger partial charge in [0.2, 0.25) is 0 Å². The minimum Gasteiger partial charge on any atom is -0.382 e. The molecule has 0 aliphatic rings. The molecule has 0 aliphatic heterocycles. The molecule has 0 spiro atoms. The molecule has 1 aromatic heterocycles. The van der Waals surface area contributed by atoms with Crippen molar-refractivity contribution in [3.63, 3.8) is 0 Å². The molecular weight excluding hydrogens is 154 g/mol. The monoisotopic (exact) mass is 167 g/mol. The Morgan fingerprint density at radius 2 is 2.25 bits per heavy atom. The molecule has 2 unspecified atom stereocenters. The predicted molar refractivity (Wildman–Crippen MR) is 45.3 cm³/mol. The van der Waals surface area contributed by atoms with E-state index in [0.29, 0.717) is 5.69 Å². The van der Waals surface area contributed by atoms with Gasteiger partial charge in [-0.2, -0.15) is 0 Å². The summed E-state index contributed by atoms with van der Waals surface area (Å²) in [5.41, 5.74) is 4.98. The molecule has 1 rings (SSSR count). The van der Waals surface area contributed by atoms with Crippen molar-refractivity contribution in [2.24, 2.45) is 5.73 Å². The molecule has 0 amide bonds. The summed E-state index contributed by atoms with van der Waals surface area (Å²) in [5.74, 6) is 0. The van der Waals surface area contributed by atoms with E-state index in [1.165, 1.54) is 12.4 Å². The van der Waals surface area contributed by atoms with Crippen LogP contribution >= 0.6 is 0 Å². The summed E-state index contributed by atoms with van der Waals surface area (Å²) >= 11 is 0. The van der Waals surface area contributed by atoms with E-state index in [1.54, 1.807) is 20.0 Å². The maximum Gasteiger partial charge on any atom is 0.120 e. The van der Waals surface area contributed by atoms with E-state index in [4.69, 9.17) is 5.73 Å². The maximum absolute atomic E-state index is 9.84. The number of nitrogens with two attached hydrogens (primary N) is 1. The Morgan fingerprint density at radius 3 is 2.67 bits per heavy atom. The molecule has 0 aromatic carbocycles. The Labute approximate surface area is 71.5 Å². The number of rotatable bonds is 2. The number of nitrogens with zero attached hydrogens (tertiary/aromatic N) is 2. The second-order valence-corrected chi connectivity index (χ2v) is 3.03. The highest BCUT2D eigenvalue weighted by Gasteiger charge is 2.29. The molecule has 12 heavy (non-hydrogen) atoms. The average molecular weight is 167 g/mol. The maximum atomic E-state index is 9.84. The van der Waals surface area contributed by atoms with E-state index in [1.807, 2.05) is 0 Å². The van der Waals surface area contributed by atoms with Crippen molar-refractivity contribution >= 4 is 0 Å². The average Bonchev–Trinajstić information content (AvgIpc) is 2.06. The fourth-order valence-corrected chi connectivity index (χ4v) is 0.794. The van der Waals surface area contributed by atoms with Gasteiger partial charge >= 0.3 is 0 Å². The molecule has 4 nitrogen and oxygen atoms in total. The van der Waals surface area contributed by atoms with Crippen molar-refractivity contribution in [2.45, 2.75) is 25.5 Å². The van der Waals surface area contributed by atoms with Gasteiger partial charge in [-0.1, -0.05) is 0 Å². The zero-order valence-corrected chi connectivity index (χ0v) is 7.23. The first-order valence-electron chi connectivity index (χ1n) is 3.79. The molecule has 0 saturated carbocycles. The van der Waals surface area contributed by atoms with Crippen LogP contribution in [-0.2, 0) is 5.60 Å². The van der Waals surface area contributed by atoms with Gasteiger partial charge in [0.25, 0.3) is 0 Å². The Kier molecular flexibility index (Phi) is 2.40. The molecule has 3 N–H and O–H groups in total. The van der Waals surface area contributed by atoms with Gasteiger partial charge in [0.1, 0.15) is 5.60 Å². The van der Waals surface area contributed by atoms with Crippen molar-refractivity contribution in [1.82, 2.24) is 9.97 Å². The third-order valence-electron chi connectivity index (χ3n) is 1.97. The van der Waals surface area contributed by atoms with E-state index >= 15 is 0 Å². The van der Waals surface area contributed by atoms with Crippen LogP contribution in [0.15, 0.2) is 18.6 Å². The smallest absolute Gasteiger partial charge is 0.120 e. The van der Waals surface area contributed by atoms with Crippen molar-refractivity contribution < 1.29 is 5.11 Å². The van der Waals surface area contributed by atoms with Crippen LogP contribution in [0.5, 0.6) is 0 Å². The lowest BCUT2D eigenvalue weighted by atomic mass is 9.95. The summed E-state index contributed by atoms with van der Waals surface area (Å²) in [4.78, 5) is 7.83. The molecule has 2 atom stereocenters. The molecule has 1 aromatic rings. The first kappa shape index (κ1) is 9.09. The lowest BCUT2D eigenvalue weighted by Gasteiger charge is -2.25. The second-order valence-electron chi connectivity index (χ2n) is 3.03. The van der Waals surface area contributed by atoms with Crippen LogP contribution in [0.25, 0.3) is 0 Å². The van der Waals surface area contributed by atoms with Gasteiger partial charge in [-0.25, -0.2) is 0 Å². The summed E-state index contributed by atoms with van der Waals surface area (Å²) in [6.45, 7) is 3.36. The summed E-state index contributed by atoms with van der Waals surface area (Å²) in [5, 5.41) is 9.84. The first-order valence-corrected chi connectivity index (χ1v) is 3.79. The molecule has 0 fully saturated rings. The highest BCUT2D eigenvalue weighted by molar-refractivity contribution is 5.08. The quantitative estimate of drug-likeness (QED) is 0.652. The van der Waals surface area contributed by atoms with Gasteiger partial charge in [-0.3, -0.25) is 9.97 Å². The Morgan fingerprint density at radius 1 is 1.58 bits per heavy atom. The molecule has 66 valence electrons. The van der Waals surface area contributed by atoms with Crippen molar-refractivity contribution in [2.75, 3.05) is 0 Å². The molecular formula is C8H13N3O. The minimum absolute atomic E-state index is 0.366. The van der Waals surface area contributed by atoms with Crippen LogP contribution in [0.2, 0.25) is 0 Å². The number of hydrogen-bond acceptors (Lipinski definition) is 4. The SMILES string of the molecule is CC(N)C(C)(O)c1cnccn1. The molecule has 0 aliphatic carbocycles. The summed E-state index contributed by atoms with van der Waals surface area (Å²) in [6.07, 6.45) is 4.61. The molecule has 4 heteroatoms. The van der Waals surface area contributed by atoms with Crippen molar-refractivity contribution in [1.29, 1.82) is 0 Å². The Hall–Kier alpha value is -1.00. The molecule has 1 heterocycles. The normalized spacial score (nSPS) is 18.3. The van der Waals surface area contributed by atoms with Gasteiger partial charge in [0.05, 0.1) is 11.9 Å². The Balaban J connectivity index is 2.98. The highest BCUT2D eigenvalue weighted by atomic mass is 16.3. The van der Waals surface area contributed by atoms with Gasteiger partial charge in [-0.15, -0.1) is 0 Å². The largest absolute Gasteiger partial charge is 0.382 e. The van der Waals surface area contributed by atoms with Crippen LogP contribution in [0, 0.1) is 0 Å². The molecule has 0 radical (unpaired) electrons. The van der Waals surface area contributed by atoms with Crippen LogP contribution < -0.4 is 5.73 Å². The summed E-state index contributed by atoms with van der Waals surface area (Å²) in [7, 11) is 0. The van der Waals surface area contributed by atoms with Crippen LogP contribution in [0.1, 0.15) is 19.5 Å². The van der Waals surface area contributed by atoms with Gasteiger partial charge in [-0.05, 0) is 13.8 Å². The van der Waals surface area contributed by atoms with E-state index in [9.17, 15) is 5.11 Å². The number of aliphatic hydroxyl groups is 1. The molecule has 0 bridgehead atoms. The third kappa shape index (κ3) is 1.60. The van der Waals surface area contributed by atoms with Crippen molar-refractivity contribution in [3.05, 3.63) is 24.3 Å². The van der Waals surface area contributed by atoms with E-state index in [-0.39, 0.29) is 6.04 Å². The number of aromatic nitrogens is 2. The fourth-order valence-electron chi connectivity index (χ4n) is 0.794. The Bertz CT molecular complexity index is 246. The highest BCUT2D eigenvalue weighted by Crippen LogP contribution is 2.19. The van der Waals surface area contributed by atoms with E-state index in [2.05, 4.69) is 9.97 Å². The molecule has 0 saturated heterocycles. The van der Waals surface area contributed by atoms with Gasteiger partial charge in [0, 0.05) is 18.4 Å². The predicted octanol–water partition coefficient (Wildman–Crippen LogP) is 0.0313. The van der Waals surface area contributed by atoms with Crippen LogP contribution in [0.4, 0.5) is 0 Å². The van der Waals surface area contributed by atoms with E-state index < -0.39 is 5.60 Å². The standard InChI is InChI=1S/C8H13N3O/c1-6(9)8(2,12)7-5-10-3-4-11-7/h3-6,12H,9H2,1-2H3. The summed E-state index contributed by atoms with van der Waals surface area (Å²) < 4.78 is 0. The minimum atomic E-state index is -1.10. The first-order chi connectivity index (χ1) is 5.55. The van der Waals surface area contributed by atoms with Crippen molar-refractivity contribution in [3.8, 4) is 0 Å². The summed E-state index contributed by atoms with van der Waals surface area (Å²) in [6, 6.07) is -0.366. The topological polar surface area (TPSA) is 72.0 Å². The fraction of sp³-hybridized carbons (Fsp3) is 0.500. The zero-order valence-electron chi connectivity index (χ0n) is 7.23. The van der Waals surface area contributed by atoms with Crippen LogP contribution in [-0.4, -0.2) is 21.1 Å². The number of hydrogen-bond donors (Lipinski definition) is 2. The second kappa shape index (κ2) is 3.16. The lowest BCUT2D eigenvalue weighted by Crippen LogP contribution is -2.41. The van der Waals surface area contributed by atoms with Gasteiger partial charge in [0.15, 0.2) is 0 Å². The third-order valence-corrected chi connectivity index (χ3v) is 1.97. The lowest BCUT2D eigenvalue weighted by molar-refractivity contribution is 0.0302. The van der Waals surface area contributed by atoms with E-state index in [0.717, 1.165) is 0 Å².